The summed E-state index contributed by atoms with van der Waals surface area (Å²) < 4.78 is 5.14. The lowest BCUT2D eigenvalue weighted by molar-refractivity contribution is -0.131. The number of nitrogens with zero attached hydrogens (tertiary/aromatic N) is 1. The van der Waals surface area contributed by atoms with Crippen molar-refractivity contribution in [3.05, 3.63) is 35.4 Å². The second-order valence-corrected chi connectivity index (χ2v) is 4.99. The molecule has 0 saturated heterocycles. The maximum atomic E-state index is 12.0. The molecule has 1 aromatic rings. The van der Waals surface area contributed by atoms with Gasteiger partial charge in [0.2, 0.25) is 5.91 Å². The van der Waals surface area contributed by atoms with Gasteiger partial charge in [0, 0.05) is 32.7 Å². The van der Waals surface area contributed by atoms with Gasteiger partial charge in [0.15, 0.2) is 0 Å². The normalized spacial score (nSPS) is 11.4. The Bertz CT molecular complexity index is 499. The monoisotopic (exact) mass is 289 g/mol. The van der Waals surface area contributed by atoms with Crippen molar-refractivity contribution in [2.45, 2.75) is 32.4 Å². The first-order valence-electron chi connectivity index (χ1n) is 7.02. The van der Waals surface area contributed by atoms with Crippen LogP contribution in [0.5, 0.6) is 0 Å². The second kappa shape index (κ2) is 9.17. The average molecular weight is 289 g/mol. The van der Waals surface area contributed by atoms with Crippen LogP contribution in [0, 0.1) is 11.8 Å². The van der Waals surface area contributed by atoms with E-state index in [1.807, 2.05) is 31.2 Å². The summed E-state index contributed by atoms with van der Waals surface area (Å²) in [6.07, 6.45) is 1.33. The number of aliphatic hydroxyl groups excluding tert-OH is 1. The highest BCUT2D eigenvalue weighted by Crippen LogP contribution is 2.09. The zero-order chi connectivity index (χ0) is 15.7. The summed E-state index contributed by atoms with van der Waals surface area (Å²) in [5, 5.41) is 8.64. The molecule has 0 aliphatic carbocycles. The number of carbonyl (C=O) groups excluding carboxylic acids is 1. The number of hydrogen-bond donors (Lipinski definition) is 1. The summed E-state index contributed by atoms with van der Waals surface area (Å²) in [4.78, 5) is 13.7. The van der Waals surface area contributed by atoms with Crippen molar-refractivity contribution in [3.63, 3.8) is 0 Å². The molecule has 1 rings (SSSR count). The van der Waals surface area contributed by atoms with E-state index >= 15 is 0 Å². The SMILES string of the molecule is COC(C)CCC(=O)N(C)Cc1ccc(C#CCO)cc1. The number of carbonyl (C=O) groups is 1. The molecule has 1 unspecified atom stereocenters. The smallest absolute Gasteiger partial charge is 0.222 e. The molecule has 114 valence electrons. The van der Waals surface area contributed by atoms with Gasteiger partial charge in [-0.15, -0.1) is 0 Å². The highest BCUT2D eigenvalue weighted by atomic mass is 16.5. The van der Waals surface area contributed by atoms with Crippen LogP contribution in [0.1, 0.15) is 30.9 Å². The Balaban J connectivity index is 2.50. The number of ether oxygens (including phenoxy) is 1. The van der Waals surface area contributed by atoms with E-state index in [1.165, 1.54) is 0 Å². The zero-order valence-electron chi connectivity index (χ0n) is 12.9. The number of hydrogen-bond acceptors (Lipinski definition) is 3. The largest absolute Gasteiger partial charge is 0.384 e. The van der Waals surface area contributed by atoms with Crippen LogP contribution in [0.25, 0.3) is 0 Å². The maximum Gasteiger partial charge on any atom is 0.222 e. The number of rotatable bonds is 6. The fourth-order valence-electron chi connectivity index (χ4n) is 1.83. The molecule has 0 aliphatic heterocycles. The van der Waals surface area contributed by atoms with E-state index in [0.29, 0.717) is 13.0 Å². The minimum absolute atomic E-state index is 0.103. The van der Waals surface area contributed by atoms with Gasteiger partial charge in [0.1, 0.15) is 6.61 Å². The first kappa shape index (κ1) is 17.2. The fourth-order valence-corrected chi connectivity index (χ4v) is 1.83. The van der Waals surface area contributed by atoms with Crippen LogP contribution in [-0.4, -0.2) is 42.8 Å². The summed E-state index contributed by atoms with van der Waals surface area (Å²) >= 11 is 0. The van der Waals surface area contributed by atoms with Crippen LogP contribution >= 0.6 is 0 Å². The average Bonchev–Trinajstić information content (AvgIpc) is 2.51. The van der Waals surface area contributed by atoms with Crippen molar-refractivity contribution in [2.75, 3.05) is 20.8 Å². The van der Waals surface area contributed by atoms with Crippen LogP contribution in [0.2, 0.25) is 0 Å². The molecule has 0 heterocycles. The Morgan fingerprint density at radius 2 is 2.05 bits per heavy atom. The number of benzene rings is 1. The van der Waals surface area contributed by atoms with Crippen molar-refractivity contribution in [1.29, 1.82) is 0 Å². The molecule has 0 fully saturated rings. The van der Waals surface area contributed by atoms with E-state index in [1.54, 1.807) is 19.1 Å². The third kappa shape index (κ3) is 6.44. The van der Waals surface area contributed by atoms with Gasteiger partial charge in [-0.25, -0.2) is 0 Å². The Labute approximate surface area is 126 Å². The molecule has 1 atom stereocenters. The molecule has 1 amide bonds. The minimum atomic E-state index is -0.140. The zero-order valence-corrected chi connectivity index (χ0v) is 12.9. The standard InChI is InChI=1S/C17H23NO3/c1-14(21-3)6-11-17(20)18(2)13-16-9-7-15(8-10-16)5-4-12-19/h7-10,14,19H,6,11-13H2,1-3H3. The molecule has 0 aromatic heterocycles. The van der Waals surface area contributed by atoms with E-state index in [2.05, 4.69) is 11.8 Å². The van der Waals surface area contributed by atoms with Crippen LogP contribution in [0.4, 0.5) is 0 Å². The molecule has 1 N–H and O–H groups in total. The molecular formula is C17H23NO3. The quantitative estimate of drug-likeness (QED) is 0.813. The van der Waals surface area contributed by atoms with Crippen molar-refractivity contribution in [1.82, 2.24) is 4.90 Å². The molecule has 0 bridgehead atoms. The van der Waals surface area contributed by atoms with E-state index < -0.39 is 0 Å². The highest BCUT2D eigenvalue weighted by molar-refractivity contribution is 5.75. The van der Waals surface area contributed by atoms with Crippen LogP contribution in [-0.2, 0) is 16.1 Å². The third-order valence-electron chi connectivity index (χ3n) is 3.28. The number of aliphatic hydroxyl groups is 1. The van der Waals surface area contributed by atoms with Gasteiger partial charge in [0.05, 0.1) is 6.10 Å². The first-order chi connectivity index (χ1) is 10.1. The highest BCUT2D eigenvalue weighted by Gasteiger charge is 2.11. The van der Waals surface area contributed by atoms with Crippen LogP contribution < -0.4 is 0 Å². The summed E-state index contributed by atoms with van der Waals surface area (Å²) in [5.41, 5.74) is 1.91. The van der Waals surface area contributed by atoms with E-state index in [0.717, 1.165) is 17.5 Å². The lowest BCUT2D eigenvalue weighted by atomic mass is 10.1. The Hall–Kier alpha value is -1.83. The van der Waals surface area contributed by atoms with Gasteiger partial charge in [-0.3, -0.25) is 4.79 Å². The Morgan fingerprint density at radius 1 is 1.38 bits per heavy atom. The summed E-state index contributed by atoms with van der Waals surface area (Å²) in [5.74, 6) is 5.56. The molecule has 4 heteroatoms. The van der Waals surface area contributed by atoms with Gasteiger partial charge in [-0.05, 0) is 31.0 Å². The van der Waals surface area contributed by atoms with Crippen molar-refractivity contribution in [2.24, 2.45) is 0 Å². The second-order valence-electron chi connectivity index (χ2n) is 4.99. The van der Waals surface area contributed by atoms with Crippen molar-refractivity contribution >= 4 is 5.91 Å². The van der Waals surface area contributed by atoms with E-state index in [-0.39, 0.29) is 18.6 Å². The Kier molecular flexibility index (Phi) is 7.52. The Morgan fingerprint density at radius 3 is 2.62 bits per heavy atom. The van der Waals surface area contributed by atoms with E-state index in [9.17, 15) is 4.79 Å². The predicted molar refractivity (Wildman–Crippen MR) is 82.6 cm³/mol. The molecule has 0 saturated carbocycles. The first-order valence-corrected chi connectivity index (χ1v) is 7.02. The van der Waals surface area contributed by atoms with Gasteiger partial charge >= 0.3 is 0 Å². The minimum Gasteiger partial charge on any atom is -0.384 e. The molecule has 0 spiro atoms. The van der Waals surface area contributed by atoms with Gasteiger partial charge in [0.25, 0.3) is 0 Å². The predicted octanol–water partition coefficient (Wildman–Crippen LogP) is 1.80. The van der Waals surface area contributed by atoms with Crippen LogP contribution in [0.3, 0.4) is 0 Å². The summed E-state index contributed by atoms with van der Waals surface area (Å²) in [6, 6.07) is 7.68. The molecule has 21 heavy (non-hydrogen) atoms. The van der Waals surface area contributed by atoms with Crippen molar-refractivity contribution < 1.29 is 14.6 Å². The summed E-state index contributed by atoms with van der Waals surface area (Å²) in [6.45, 7) is 2.40. The number of methoxy groups -OCH3 is 1. The molecule has 1 aromatic carbocycles. The molecule has 4 nitrogen and oxygen atoms in total. The fraction of sp³-hybridized carbons (Fsp3) is 0.471. The molecule has 0 aliphatic rings. The van der Waals surface area contributed by atoms with Gasteiger partial charge < -0.3 is 14.7 Å². The molecule has 0 radical (unpaired) electrons. The third-order valence-corrected chi connectivity index (χ3v) is 3.28. The van der Waals surface area contributed by atoms with E-state index in [4.69, 9.17) is 9.84 Å². The lowest BCUT2D eigenvalue weighted by Crippen LogP contribution is -2.26. The van der Waals surface area contributed by atoms with Gasteiger partial charge in [-0.1, -0.05) is 24.0 Å². The lowest BCUT2D eigenvalue weighted by Gasteiger charge is -2.18. The van der Waals surface area contributed by atoms with Crippen molar-refractivity contribution in [3.8, 4) is 11.8 Å². The maximum absolute atomic E-state index is 12.0. The summed E-state index contributed by atoms with van der Waals surface area (Å²) in [7, 11) is 3.46. The molecular weight excluding hydrogens is 266 g/mol. The van der Waals surface area contributed by atoms with Gasteiger partial charge in [-0.2, -0.15) is 0 Å². The van der Waals surface area contributed by atoms with Crippen LogP contribution in [0.15, 0.2) is 24.3 Å². The topological polar surface area (TPSA) is 49.8 Å². The number of amides is 1.